The molecule has 0 amide bonds. The summed E-state index contributed by atoms with van der Waals surface area (Å²) in [5.74, 6) is 0.959. The topological polar surface area (TPSA) is 43.0 Å². The van der Waals surface area contributed by atoms with Crippen LogP contribution in [0, 0.1) is 0 Å². The smallest absolute Gasteiger partial charge is 0.117 e. The van der Waals surface area contributed by atoms with Crippen LogP contribution < -0.4 is 5.32 Å². The van der Waals surface area contributed by atoms with Crippen molar-refractivity contribution in [3.63, 3.8) is 0 Å². The summed E-state index contributed by atoms with van der Waals surface area (Å²) in [6.45, 7) is 4.71. The fourth-order valence-corrected chi connectivity index (χ4v) is 1.59. The molecule has 2 rings (SSSR count). The van der Waals surface area contributed by atoms with Gasteiger partial charge in [0.1, 0.15) is 5.76 Å². The Morgan fingerprint density at radius 1 is 1.44 bits per heavy atom. The highest BCUT2D eigenvalue weighted by Crippen LogP contribution is 2.01. The molecule has 16 heavy (non-hydrogen) atoms. The van der Waals surface area contributed by atoms with Gasteiger partial charge in [0.15, 0.2) is 0 Å². The average Bonchev–Trinajstić information content (AvgIpc) is 2.90. The van der Waals surface area contributed by atoms with Gasteiger partial charge in [-0.1, -0.05) is 6.92 Å². The van der Waals surface area contributed by atoms with Crippen molar-refractivity contribution in [3.8, 4) is 0 Å². The molecular weight excluding hydrogens is 202 g/mol. The van der Waals surface area contributed by atoms with Gasteiger partial charge < -0.3 is 9.73 Å². The van der Waals surface area contributed by atoms with E-state index in [4.69, 9.17) is 4.42 Å². The monoisotopic (exact) mass is 219 g/mol. The largest absolute Gasteiger partial charge is 0.468 e. The molecular formula is C12H17N3O. The van der Waals surface area contributed by atoms with E-state index in [1.54, 1.807) is 6.26 Å². The van der Waals surface area contributed by atoms with Crippen molar-refractivity contribution >= 4 is 0 Å². The van der Waals surface area contributed by atoms with Gasteiger partial charge in [0.25, 0.3) is 0 Å². The van der Waals surface area contributed by atoms with Crippen LogP contribution in [0.5, 0.6) is 0 Å². The number of hydrogen-bond acceptors (Lipinski definition) is 3. The van der Waals surface area contributed by atoms with Crippen LogP contribution in [0.2, 0.25) is 0 Å². The predicted molar refractivity (Wildman–Crippen MR) is 61.8 cm³/mol. The number of aromatic nitrogens is 2. The molecule has 1 N–H and O–H groups in total. The lowest BCUT2D eigenvalue weighted by Gasteiger charge is -1.99. The summed E-state index contributed by atoms with van der Waals surface area (Å²) < 4.78 is 7.21. The van der Waals surface area contributed by atoms with Crippen molar-refractivity contribution in [1.82, 2.24) is 15.1 Å². The second-order valence-electron chi connectivity index (χ2n) is 3.79. The van der Waals surface area contributed by atoms with Gasteiger partial charge in [0, 0.05) is 24.8 Å². The zero-order chi connectivity index (χ0) is 11.2. The first-order valence-corrected chi connectivity index (χ1v) is 5.63. The van der Waals surface area contributed by atoms with Crippen molar-refractivity contribution in [2.75, 3.05) is 0 Å². The molecule has 0 unspecified atom stereocenters. The molecule has 0 aliphatic heterocycles. The molecule has 0 atom stereocenters. The molecule has 0 radical (unpaired) electrons. The molecule has 2 aromatic heterocycles. The van der Waals surface area contributed by atoms with Crippen LogP contribution in [0.1, 0.15) is 24.7 Å². The summed E-state index contributed by atoms with van der Waals surface area (Å²) in [6, 6.07) is 3.86. The van der Waals surface area contributed by atoms with Crippen molar-refractivity contribution < 1.29 is 4.42 Å². The minimum Gasteiger partial charge on any atom is -0.468 e. The minimum atomic E-state index is 0.756. The van der Waals surface area contributed by atoms with E-state index in [9.17, 15) is 0 Å². The normalized spacial score (nSPS) is 10.8. The zero-order valence-electron chi connectivity index (χ0n) is 9.52. The van der Waals surface area contributed by atoms with Crippen molar-refractivity contribution in [2.24, 2.45) is 0 Å². The van der Waals surface area contributed by atoms with E-state index in [0.29, 0.717) is 0 Å². The first kappa shape index (κ1) is 11.0. The molecule has 4 nitrogen and oxygen atoms in total. The van der Waals surface area contributed by atoms with Gasteiger partial charge in [-0.25, -0.2) is 0 Å². The number of aryl methyl sites for hydroxylation is 1. The SMILES string of the molecule is CCCn1cc(CNCc2ccco2)cn1. The maximum absolute atomic E-state index is 5.23. The summed E-state index contributed by atoms with van der Waals surface area (Å²) in [4.78, 5) is 0. The van der Waals surface area contributed by atoms with Crippen molar-refractivity contribution in [2.45, 2.75) is 33.0 Å². The van der Waals surface area contributed by atoms with Crippen LogP contribution >= 0.6 is 0 Å². The van der Waals surface area contributed by atoms with Gasteiger partial charge in [-0.3, -0.25) is 4.68 Å². The number of furan rings is 1. The lowest BCUT2D eigenvalue weighted by molar-refractivity contribution is 0.483. The van der Waals surface area contributed by atoms with E-state index in [-0.39, 0.29) is 0 Å². The van der Waals surface area contributed by atoms with Crippen LogP contribution in [0.15, 0.2) is 35.2 Å². The third kappa shape index (κ3) is 2.97. The summed E-state index contributed by atoms with van der Waals surface area (Å²) in [7, 11) is 0. The second kappa shape index (κ2) is 5.51. The van der Waals surface area contributed by atoms with Crippen LogP contribution in [-0.2, 0) is 19.6 Å². The fourth-order valence-electron chi connectivity index (χ4n) is 1.59. The molecule has 0 saturated carbocycles. The molecule has 4 heteroatoms. The van der Waals surface area contributed by atoms with Gasteiger partial charge in [-0.2, -0.15) is 5.10 Å². The van der Waals surface area contributed by atoms with E-state index in [1.807, 2.05) is 23.0 Å². The first-order chi connectivity index (χ1) is 7.88. The first-order valence-electron chi connectivity index (χ1n) is 5.63. The maximum atomic E-state index is 5.23. The lowest BCUT2D eigenvalue weighted by Crippen LogP contribution is -2.11. The number of hydrogen-bond donors (Lipinski definition) is 1. The number of nitrogens with one attached hydrogen (secondary N) is 1. The predicted octanol–water partition coefficient (Wildman–Crippen LogP) is 2.18. The van der Waals surface area contributed by atoms with E-state index in [1.165, 1.54) is 5.56 Å². The molecule has 0 aliphatic rings. The van der Waals surface area contributed by atoms with Gasteiger partial charge in [-0.05, 0) is 18.6 Å². The quantitative estimate of drug-likeness (QED) is 0.809. The van der Waals surface area contributed by atoms with Crippen molar-refractivity contribution in [3.05, 3.63) is 42.1 Å². The summed E-state index contributed by atoms with van der Waals surface area (Å²) in [5.41, 5.74) is 1.21. The van der Waals surface area contributed by atoms with Crippen LogP contribution in [0.4, 0.5) is 0 Å². The highest BCUT2D eigenvalue weighted by Gasteiger charge is 1.99. The third-order valence-corrected chi connectivity index (χ3v) is 2.35. The number of rotatable bonds is 6. The minimum absolute atomic E-state index is 0.756. The van der Waals surface area contributed by atoms with Crippen LogP contribution in [0.25, 0.3) is 0 Å². The molecule has 2 heterocycles. The van der Waals surface area contributed by atoms with E-state index < -0.39 is 0 Å². The van der Waals surface area contributed by atoms with Crippen LogP contribution in [-0.4, -0.2) is 9.78 Å². The van der Waals surface area contributed by atoms with Gasteiger partial charge >= 0.3 is 0 Å². The van der Waals surface area contributed by atoms with E-state index in [0.717, 1.165) is 31.8 Å². The lowest BCUT2D eigenvalue weighted by atomic mass is 10.3. The second-order valence-corrected chi connectivity index (χ2v) is 3.79. The molecule has 86 valence electrons. The van der Waals surface area contributed by atoms with Gasteiger partial charge in [-0.15, -0.1) is 0 Å². The molecule has 2 aromatic rings. The molecule has 0 fully saturated rings. The molecule has 0 bridgehead atoms. The van der Waals surface area contributed by atoms with E-state index >= 15 is 0 Å². The van der Waals surface area contributed by atoms with Gasteiger partial charge in [0.2, 0.25) is 0 Å². The third-order valence-electron chi connectivity index (χ3n) is 2.35. The molecule has 0 saturated heterocycles. The molecule has 0 aliphatic carbocycles. The standard InChI is InChI=1S/C12H17N3O/c1-2-5-15-10-11(8-14-15)7-13-9-12-4-3-6-16-12/h3-4,6,8,10,13H,2,5,7,9H2,1H3. The summed E-state index contributed by atoms with van der Waals surface area (Å²) in [6.07, 6.45) is 6.79. The Bertz CT molecular complexity index is 406. The Hall–Kier alpha value is -1.55. The summed E-state index contributed by atoms with van der Waals surface area (Å²) >= 11 is 0. The maximum Gasteiger partial charge on any atom is 0.117 e. The highest BCUT2D eigenvalue weighted by molar-refractivity contribution is 5.04. The zero-order valence-corrected chi connectivity index (χ0v) is 9.52. The highest BCUT2D eigenvalue weighted by atomic mass is 16.3. The van der Waals surface area contributed by atoms with Crippen molar-refractivity contribution in [1.29, 1.82) is 0 Å². The molecule has 0 aromatic carbocycles. The Morgan fingerprint density at radius 3 is 3.12 bits per heavy atom. The number of nitrogens with zero attached hydrogens (tertiary/aromatic N) is 2. The fraction of sp³-hybridized carbons (Fsp3) is 0.417. The molecule has 0 spiro atoms. The average molecular weight is 219 g/mol. The van der Waals surface area contributed by atoms with Crippen LogP contribution in [0.3, 0.4) is 0 Å². The Labute approximate surface area is 95.3 Å². The summed E-state index contributed by atoms with van der Waals surface area (Å²) in [5, 5.41) is 7.59. The Kier molecular flexibility index (Phi) is 3.77. The van der Waals surface area contributed by atoms with E-state index in [2.05, 4.69) is 23.5 Å². The van der Waals surface area contributed by atoms with Gasteiger partial charge in [0.05, 0.1) is 19.0 Å². The Morgan fingerprint density at radius 2 is 2.38 bits per heavy atom. The Balaban J connectivity index is 1.76.